The molecule has 12 heteroatoms. The van der Waals surface area contributed by atoms with Crippen molar-refractivity contribution in [1.82, 2.24) is 20.6 Å². The molecule has 1 aliphatic heterocycles. The van der Waals surface area contributed by atoms with Crippen LogP contribution >= 0.6 is 0 Å². The van der Waals surface area contributed by atoms with Crippen LogP contribution in [-0.2, 0) is 22.3 Å². The first kappa shape index (κ1) is 26.0. The highest BCUT2D eigenvalue weighted by molar-refractivity contribution is 5.97. The van der Waals surface area contributed by atoms with Crippen molar-refractivity contribution < 1.29 is 37.0 Å². The number of H-pyrrole nitrogens is 1. The largest absolute Gasteiger partial charge is 0.497 e. The van der Waals surface area contributed by atoms with E-state index in [1.165, 1.54) is 43.8 Å². The van der Waals surface area contributed by atoms with Crippen LogP contribution in [0.4, 0.5) is 13.2 Å². The van der Waals surface area contributed by atoms with Crippen molar-refractivity contribution in [2.24, 2.45) is 0 Å². The Labute approximate surface area is 210 Å². The van der Waals surface area contributed by atoms with Gasteiger partial charge in [-0.2, -0.15) is 13.2 Å². The molecule has 3 aromatic rings. The van der Waals surface area contributed by atoms with E-state index < -0.39 is 23.2 Å². The van der Waals surface area contributed by atoms with E-state index in [4.69, 9.17) is 14.2 Å². The molecule has 1 saturated heterocycles. The summed E-state index contributed by atoms with van der Waals surface area (Å²) in [6.07, 6.45) is -1.08. The second-order valence-electron chi connectivity index (χ2n) is 8.37. The number of hydrogen-bond donors (Lipinski definition) is 3. The van der Waals surface area contributed by atoms with E-state index in [0.29, 0.717) is 31.6 Å². The highest BCUT2D eigenvalue weighted by Crippen LogP contribution is 2.40. The van der Waals surface area contributed by atoms with Gasteiger partial charge in [0.25, 0.3) is 5.91 Å². The van der Waals surface area contributed by atoms with Gasteiger partial charge in [0.05, 0.1) is 7.11 Å². The highest BCUT2D eigenvalue weighted by Gasteiger charge is 2.42. The van der Waals surface area contributed by atoms with Crippen LogP contribution in [0.1, 0.15) is 34.6 Å². The number of imidazole rings is 1. The number of methoxy groups -OCH3 is 1. The van der Waals surface area contributed by atoms with Gasteiger partial charge in [0, 0.05) is 45.0 Å². The zero-order chi connectivity index (χ0) is 26.5. The van der Waals surface area contributed by atoms with E-state index in [1.54, 1.807) is 12.1 Å². The van der Waals surface area contributed by atoms with E-state index >= 15 is 0 Å². The minimum absolute atomic E-state index is 0.0633. The number of aromatic amines is 1. The Bertz CT molecular complexity index is 1220. The minimum atomic E-state index is -4.62. The van der Waals surface area contributed by atoms with Crippen LogP contribution in [0.25, 0.3) is 0 Å². The summed E-state index contributed by atoms with van der Waals surface area (Å²) < 4.78 is 56.0. The van der Waals surface area contributed by atoms with E-state index in [1.807, 2.05) is 0 Å². The second-order valence-corrected chi connectivity index (χ2v) is 8.37. The van der Waals surface area contributed by atoms with Crippen LogP contribution in [0.15, 0.2) is 54.9 Å². The van der Waals surface area contributed by atoms with E-state index in [-0.39, 0.29) is 35.5 Å². The number of carbonyl (C=O) groups is 2. The van der Waals surface area contributed by atoms with Gasteiger partial charge in [0.1, 0.15) is 28.4 Å². The van der Waals surface area contributed by atoms with Gasteiger partial charge < -0.3 is 29.8 Å². The maximum absolute atomic E-state index is 13.4. The molecule has 0 radical (unpaired) electrons. The fourth-order valence-corrected chi connectivity index (χ4v) is 3.90. The Kier molecular flexibility index (Phi) is 7.67. The summed E-state index contributed by atoms with van der Waals surface area (Å²) in [6, 6.07) is 9.72. The monoisotopic (exact) mass is 518 g/mol. The average Bonchev–Trinajstić information content (AvgIpc) is 3.44. The first-order valence-electron chi connectivity index (χ1n) is 11.4. The summed E-state index contributed by atoms with van der Waals surface area (Å²) in [7, 11) is 1.28. The quantitative estimate of drug-likeness (QED) is 0.418. The minimum Gasteiger partial charge on any atom is -0.497 e. The lowest BCUT2D eigenvalue weighted by Crippen LogP contribution is -2.61. The number of halogens is 3. The number of nitrogens with one attached hydrogen (secondary N) is 3. The van der Waals surface area contributed by atoms with E-state index in [2.05, 4.69) is 20.6 Å². The average molecular weight is 518 g/mol. The molecule has 37 heavy (non-hydrogen) atoms. The van der Waals surface area contributed by atoms with Gasteiger partial charge in [-0.05, 0) is 35.9 Å². The molecule has 196 valence electrons. The SMILES string of the molecule is COc1ccc(Oc2ccc(CNC(=O)C3(NC(=O)c4ncc[nH]4)CCOCC3)cc2)c(C(F)(F)F)c1. The Hall–Kier alpha value is -4.06. The predicted molar refractivity (Wildman–Crippen MR) is 125 cm³/mol. The summed E-state index contributed by atoms with van der Waals surface area (Å²) in [4.78, 5) is 32.3. The molecule has 4 rings (SSSR count). The number of aromatic nitrogens is 2. The summed E-state index contributed by atoms with van der Waals surface area (Å²) in [5.74, 6) is -0.877. The van der Waals surface area contributed by atoms with Crippen molar-refractivity contribution >= 4 is 11.8 Å². The maximum Gasteiger partial charge on any atom is 0.420 e. The van der Waals surface area contributed by atoms with Gasteiger partial charge >= 0.3 is 6.18 Å². The number of amides is 2. The molecule has 1 fully saturated rings. The molecule has 2 heterocycles. The standard InChI is InChI=1S/C25H25F3N4O5/c1-35-18-6-7-20(19(14-18)25(26,27)28)37-17-4-2-16(3-5-17)15-31-23(34)24(8-12-36-13-9-24)32-22(33)21-29-10-11-30-21/h2-7,10-11,14H,8-9,12-13,15H2,1H3,(H,29,30)(H,31,34)(H,32,33). The fraction of sp³-hybridized carbons (Fsp3) is 0.320. The second kappa shape index (κ2) is 10.9. The maximum atomic E-state index is 13.4. The summed E-state index contributed by atoms with van der Waals surface area (Å²) in [5.41, 5.74) is -1.43. The molecule has 2 amide bonds. The first-order chi connectivity index (χ1) is 17.7. The summed E-state index contributed by atoms with van der Waals surface area (Å²) >= 11 is 0. The van der Waals surface area contributed by atoms with Crippen LogP contribution in [0.5, 0.6) is 17.2 Å². The third kappa shape index (κ3) is 6.20. The smallest absolute Gasteiger partial charge is 0.420 e. The van der Waals surface area contributed by atoms with Gasteiger partial charge in [0.15, 0.2) is 5.82 Å². The topological polar surface area (TPSA) is 115 Å². The zero-order valence-electron chi connectivity index (χ0n) is 19.9. The van der Waals surface area contributed by atoms with Crippen molar-refractivity contribution in [3.8, 4) is 17.2 Å². The van der Waals surface area contributed by atoms with Gasteiger partial charge in [-0.1, -0.05) is 12.1 Å². The van der Waals surface area contributed by atoms with Gasteiger partial charge in [0.2, 0.25) is 5.91 Å². The molecule has 9 nitrogen and oxygen atoms in total. The van der Waals surface area contributed by atoms with Gasteiger partial charge in [-0.15, -0.1) is 0 Å². The van der Waals surface area contributed by atoms with Crippen LogP contribution < -0.4 is 20.1 Å². The van der Waals surface area contributed by atoms with Crippen molar-refractivity contribution in [1.29, 1.82) is 0 Å². The first-order valence-corrected chi connectivity index (χ1v) is 11.4. The lowest BCUT2D eigenvalue weighted by atomic mass is 9.88. The number of alkyl halides is 3. The molecule has 3 N–H and O–H groups in total. The predicted octanol–water partition coefficient (Wildman–Crippen LogP) is 3.82. The molecule has 0 bridgehead atoms. The molecular formula is C25H25F3N4O5. The number of nitrogens with zero attached hydrogens (tertiary/aromatic N) is 1. The molecule has 0 spiro atoms. The number of rotatable bonds is 8. The molecular weight excluding hydrogens is 493 g/mol. The Morgan fingerprint density at radius 3 is 2.43 bits per heavy atom. The highest BCUT2D eigenvalue weighted by atomic mass is 19.4. The van der Waals surface area contributed by atoms with Crippen molar-refractivity contribution in [2.45, 2.75) is 31.1 Å². The van der Waals surface area contributed by atoms with Gasteiger partial charge in [-0.3, -0.25) is 9.59 Å². The third-order valence-electron chi connectivity index (χ3n) is 5.94. The molecule has 0 saturated carbocycles. The normalized spacial score (nSPS) is 15.0. The lowest BCUT2D eigenvalue weighted by molar-refractivity contribution is -0.138. The van der Waals surface area contributed by atoms with Gasteiger partial charge in [-0.25, -0.2) is 4.98 Å². The fourth-order valence-electron chi connectivity index (χ4n) is 3.90. The number of ether oxygens (including phenoxy) is 3. The third-order valence-corrected chi connectivity index (χ3v) is 5.94. The Balaban J connectivity index is 1.41. The van der Waals surface area contributed by atoms with Crippen molar-refractivity contribution in [3.05, 3.63) is 71.8 Å². The summed E-state index contributed by atoms with van der Waals surface area (Å²) in [5, 5.41) is 5.61. The number of carbonyl (C=O) groups excluding carboxylic acids is 2. The molecule has 1 aromatic heterocycles. The van der Waals surface area contributed by atoms with E-state index in [0.717, 1.165) is 6.07 Å². The van der Waals surface area contributed by atoms with Crippen molar-refractivity contribution in [2.75, 3.05) is 20.3 Å². The molecule has 0 unspecified atom stereocenters. The van der Waals surface area contributed by atoms with Crippen LogP contribution in [0.3, 0.4) is 0 Å². The zero-order valence-corrected chi connectivity index (χ0v) is 19.9. The molecule has 0 aliphatic carbocycles. The van der Waals surface area contributed by atoms with E-state index in [9.17, 15) is 22.8 Å². The molecule has 0 atom stereocenters. The number of hydrogen-bond acceptors (Lipinski definition) is 6. The van der Waals surface area contributed by atoms with Crippen LogP contribution in [0, 0.1) is 0 Å². The lowest BCUT2D eigenvalue weighted by Gasteiger charge is -2.36. The number of benzene rings is 2. The molecule has 1 aliphatic rings. The Morgan fingerprint density at radius 2 is 1.81 bits per heavy atom. The van der Waals surface area contributed by atoms with Crippen molar-refractivity contribution in [3.63, 3.8) is 0 Å². The summed E-state index contributed by atoms with van der Waals surface area (Å²) in [6.45, 7) is 0.751. The van der Waals surface area contributed by atoms with Crippen LogP contribution in [-0.4, -0.2) is 47.6 Å². The molecule has 2 aromatic carbocycles. The van der Waals surface area contributed by atoms with Crippen LogP contribution in [0.2, 0.25) is 0 Å². The Morgan fingerprint density at radius 1 is 1.11 bits per heavy atom.